The Morgan fingerprint density at radius 3 is 2.78 bits per heavy atom. The fourth-order valence-corrected chi connectivity index (χ4v) is 3.25. The second-order valence-corrected chi connectivity index (χ2v) is 6.11. The van der Waals surface area contributed by atoms with E-state index in [-0.39, 0.29) is 18.0 Å². The van der Waals surface area contributed by atoms with Gasteiger partial charge in [-0.05, 0) is 24.5 Å². The number of hydrogen-bond donors (Lipinski definition) is 2. The lowest BCUT2D eigenvalue weighted by molar-refractivity contribution is -0.117. The second kappa shape index (κ2) is 6.91. The molecule has 1 aromatic heterocycles. The minimum Gasteiger partial charge on any atom is -0.324 e. The molecule has 6 heteroatoms. The molecule has 0 unspecified atom stereocenters. The molecular formula is C17H22N4O2. The number of nitrogens with two attached hydrogens (primary N) is 1. The zero-order valence-electron chi connectivity index (χ0n) is 13.1. The number of aromatic nitrogens is 2. The van der Waals surface area contributed by atoms with E-state index in [9.17, 15) is 9.59 Å². The molecule has 0 radical (unpaired) electrons. The lowest BCUT2D eigenvalue weighted by Gasteiger charge is -2.14. The Balaban J connectivity index is 1.79. The summed E-state index contributed by atoms with van der Waals surface area (Å²) in [6.45, 7) is 0.0863. The van der Waals surface area contributed by atoms with Gasteiger partial charge in [0.25, 0.3) is 5.56 Å². The summed E-state index contributed by atoms with van der Waals surface area (Å²) in [5, 5.41) is 0.473. The first-order valence-electron chi connectivity index (χ1n) is 8.19. The van der Waals surface area contributed by atoms with Crippen molar-refractivity contribution in [3.05, 3.63) is 40.4 Å². The van der Waals surface area contributed by atoms with Gasteiger partial charge >= 0.3 is 0 Å². The van der Waals surface area contributed by atoms with Crippen LogP contribution in [0, 0.1) is 5.92 Å². The molecule has 23 heavy (non-hydrogen) atoms. The molecule has 0 spiro atoms. The molecule has 0 bridgehead atoms. The van der Waals surface area contributed by atoms with Gasteiger partial charge < -0.3 is 5.73 Å². The minimum atomic E-state index is -0.287. The highest BCUT2D eigenvalue weighted by atomic mass is 16.2. The zero-order valence-corrected chi connectivity index (χ0v) is 13.1. The zero-order chi connectivity index (χ0) is 16.2. The van der Waals surface area contributed by atoms with Gasteiger partial charge in [0.1, 0.15) is 5.82 Å². The molecule has 2 aromatic rings. The van der Waals surface area contributed by atoms with Crippen LogP contribution in [0.5, 0.6) is 0 Å². The van der Waals surface area contributed by atoms with Gasteiger partial charge in [-0.15, -0.1) is 0 Å². The Hall–Kier alpha value is -2.21. The van der Waals surface area contributed by atoms with Gasteiger partial charge in [-0.2, -0.15) is 0 Å². The van der Waals surface area contributed by atoms with E-state index in [0.29, 0.717) is 29.1 Å². The molecule has 0 atom stereocenters. The van der Waals surface area contributed by atoms with E-state index in [1.807, 2.05) is 6.07 Å². The first kappa shape index (κ1) is 15.7. The van der Waals surface area contributed by atoms with Gasteiger partial charge in [-0.1, -0.05) is 37.8 Å². The summed E-state index contributed by atoms with van der Waals surface area (Å²) in [4.78, 5) is 29.1. The number of benzene rings is 1. The molecule has 122 valence electrons. The molecule has 3 N–H and O–H groups in total. The molecule has 1 saturated carbocycles. The normalized spacial score (nSPS) is 15.2. The third-order valence-electron chi connectivity index (χ3n) is 4.52. The first-order valence-corrected chi connectivity index (χ1v) is 8.19. The number of carbonyl (C=O) groups is 1. The van der Waals surface area contributed by atoms with E-state index >= 15 is 0 Å². The van der Waals surface area contributed by atoms with Gasteiger partial charge in [0.2, 0.25) is 5.91 Å². The van der Waals surface area contributed by atoms with Crippen LogP contribution >= 0.6 is 0 Å². The molecule has 3 rings (SSSR count). The van der Waals surface area contributed by atoms with Crippen LogP contribution in [0.25, 0.3) is 10.9 Å². The lowest BCUT2D eigenvalue weighted by atomic mass is 10.0. The van der Waals surface area contributed by atoms with Gasteiger partial charge in [0.15, 0.2) is 0 Å². The fraction of sp³-hybridized carbons (Fsp3) is 0.471. The van der Waals surface area contributed by atoms with Crippen LogP contribution in [0.1, 0.15) is 44.3 Å². The van der Waals surface area contributed by atoms with Gasteiger partial charge in [0, 0.05) is 6.42 Å². The Morgan fingerprint density at radius 2 is 2.04 bits per heavy atom. The third-order valence-corrected chi connectivity index (χ3v) is 4.52. The largest absolute Gasteiger partial charge is 0.324 e. The Labute approximate surface area is 134 Å². The highest BCUT2D eigenvalue weighted by molar-refractivity contribution is 5.84. The Morgan fingerprint density at radius 1 is 1.30 bits per heavy atom. The number of amides is 1. The van der Waals surface area contributed by atoms with Crippen molar-refractivity contribution < 1.29 is 4.79 Å². The van der Waals surface area contributed by atoms with Crippen LogP contribution in [-0.4, -0.2) is 15.6 Å². The number of rotatable bonds is 5. The molecule has 1 aromatic carbocycles. The van der Waals surface area contributed by atoms with Crippen LogP contribution in [0.3, 0.4) is 0 Å². The van der Waals surface area contributed by atoms with Gasteiger partial charge in [0.05, 0.1) is 17.4 Å². The number of nitrogens with one attached hydrogen (secondary N) is 1. The molecule has 1 fully saturated rings. The summed E-state index contributed by atoms with van der Waals surface area (Å²) >= 11 is 0. The maximum absolute atomic E-state index is 12.6. The Kier molecular flexibility index (Phi) is 4.71. The standard InChI is InChI=1S/C17H22N4O2/c18-11-15-19-14-8-4-3-7-13(14)17(23)21(15)20-16(22)10-9-12-5-1-2-6-12/h3-4,7-8,12H,1-2,5-6,9-11,18H2,(H,20,22). The lowest BCUT2D eigenvalue weighted by Crippen LogP contribution is -2.37. The van der Waals surface area contributed by atoms with E-state index in [1.54, 1.807) is 18.2 Å². The monoisotopic (exact) mass is 314 g/mol. The highest BCUT2D eigenvalue weighted by Crippen LogP contribution is 2.28. The quantitative estimate of drug-likeness (QED) is 0.882. The summed E-state index contributed by atoms with van der Waals surface area (Å²) in [6, 6.07) is 7.06. The molecule has 1 heterocycles. The molecule has 1 aliphatic carbocycles. The van der Waals surface area contributed by atoms with Crippen LogP contribution in [0.2, 0.25) is 0 Å². The SMILES string of the molecule is NCc1nc2ccccc2c(=O)n1NC(=O)CCC1CCCC1. The van der Waals surface area contributed by atoms with Crippen molar-refractivity contribution in [3.63, 3.8) is 0 Å². The van der Waals surface area contributed by atoms with Gasteiger partial charge in [-0.25, -0.2) is 9.66 Å². The van der Waals surface area contributed by atoms with Gasteiger partial charge in [-0.3, -0.25) is 15.0 Å². The van der Waals surface area contributed by atoms with Crippen LogP contribution < -0.4 is 16.7 Å². The number of nitrogens with zero attached hydrogens (tertiary/aromatic N) is 2. The highest BCUT2D eigenvalue weighted by Gasteiger charge is 2.17. The third kappa shape index (κ3) is 3.42. The van der Waals surface area contributed by atoms with E-state index in [0.717, 1.165) is 6.42 Å². The molecule has 0 saturated heterocycles. The van der Waals surface area contributed by atoms with Crippen LogP contribution in [0.15, 0.2) is 29.1 Å². The van der Waals surface area contributed by atoms with Crippen molar-refractivity contribution in [2.45, 2.75) is 45.1 Å². The van der Waals surface area contributed by atoms with Crippen molar-refractivity contribution in [2.24, 2.45) is 11.7 Å². The van der Waals surface area contributed by atoms with Crippen molar-refractivity contribution in [1.29, 1.82) is 0 Å². The molecule has 0 aliphatic heterocycles. The van der Waals surface area contributed by atoms with Crippen molar-refractivity contribution in [2.75, 3.05) is 5.43 Å². The first-order chi connectivity index (χ1) is 11.2. The van der Waals surface area contributed by atoms with E-state index in [1.165, 1.54) is 30.4 Å². The number of carbonyl (C=O) groups excluding carboxylic acids is 1. The second-order valence-electron chi connectivity index (χ2n) is 6.11. The number of hydrogen-bond acceptors (Lipinski definition) is 4. The molecule has 1 aliphatic rings. The van der Waals surface area contributed by atoms with Crippen LogP contribution in [-0.2, 0) is 11.3 Å². The summed E-state index contributed by atoms with van der Waals surface area (Å²) in [5.74, 6) is 0.842. The summed E-state index contributed by atoms with van der Waals surface area (Å²) in [7, 11) is 0. The van der Waals surface area contributed by atoms with Crippen LogP contribution in [0.4, 0.5) is 0 Å². The van der Waals surface area contributed by atoms with Crippen molar-refractivity contribution in [3.8, 4) is 0 Å². The van der Waals surface area contributed by atoms with E-state index in [2.05, 4.69) is 10.4 Å². The maximum atomic E-state index is 12.6. The molecular weight excluding hydrogens is 292 g/mol. The van der Waals surface area contributed by atoms with E-state index < -0.39 is 0 Å². The smallest absolute Gasteiger partial charge is 0.280 e. The summed E-state index contributed by atoms with van der Waals surface area (Å²) in [6.07, 6.45) is 6.24. The summed E-state index contributed by atoms with van der Waals surface area (Å²) in [5.41, 5.74) is 8.66. The summed E-state index contributed by atoms with van der Waals surface area (Å²) < 4.78 is 1.19. The topological polar surface area (TPSA) is 90.0 Å². The minimum absolute atomic E-state index is 0.0863. The predicted molar refractivity (Wildman–Crippen MR) is 89.5 cm³/mol. The van der Waals surface area contributed by atoms with E-state index in [4.69, 9.17) is 5.73 Å². The molecule has 6 nitrogen and oxygen atoms in total. The van der Waals surface area contributed by atoms with Crippen molar-refractivity contribution in [1.82, 2.24) is 9.66 Å². The average Bonchev–Trinajstić information content (AvgIpc) is 3.09. The average molecular weight is 314 g/mol. The fourth-order valence-electron chi connectivity index (χ4n) is 3.25. The number of fused-ring (bicyclic) bond motifs is 1. The Bertz CT molecular complexity index is 763. The van der Waals surface area contributed by atoms with Crippen molar-refractivity contribution >= 4 is 16.8 Å². The maximum Gasteiger partial charge on any atom is 0.280 e. The number of para-hydroxylation sites is 1. The molecule has 1 amide bonds. The predicted octanol–water partition coefficient (Wildman–Crippen LogP) is 1.90.